The van der Waals surface area contributed by atoms with E-state index in [9.17, 15) is 4.79 Å². The van der Waals surface area contributed by atoms with Crippen LogP contribution in [0, 0.1) is 0 Å². The van der Waals surface area contributed by atoms with Crippen molar-refractivity contribution >= 4 is 11.8 Å². The maximum atomic E-state index is 10.8. The van der Waals surface area contributed by atoms with E-state index in [0.29, 0.717) is 18.2 Å². The lowest BCUT2D eigenvalue weighted by molar-refractivity contribution is -0.140. The Labute approximate surface area is 87.6 Å². The predicted octanol–water partition coefficient (Wildman–Crippen LogP) is 0.460. The number of carbonyl (C=O) groups excluding carboxylic acids is 1. The molecule has 1 aromatic heterocycles. The lowest BCUT2D eigenvalue weighted by Crippen LogP contribution is -2.10. The molecule has 82 valence electrons. The Morgan fingerprint density at radius 1 is 1.47 bits per heavy atom. The van der Waals surface area contributed by atoms with E-state index in [1.807, 2.05) is 0 Å². The fourth-order valence-corrected chi connectivity index (χ4v) is 0.926. The smallest absolute Gasteiger partial charge is 0.307 e. The van der Waals surface area contributed by atoms with Gasteiger partial charge in [-0.15, -0.1) is 0 Å². The van der Waals surface area contributed by atoms with E-state index in [4.69, 9.17) is 4.74 Å². The highest BCUT2D eigenvalue weighted by atomic mass is 16.5. The Balaban J connectivity index is 2.40. The van der Waals surface area contributed by atoms with Gasteiger partial charge in [0.05, 0.1) is 33.0 Å². The summed E-state index contributed by atoms with van der Waals surface area (Å²) in [4.78, 5) is 18.8. The van der Waals surface area contributed by atoms with Crippen molar-refractivity contribution in [3.8, 4) is 5.88 Å². The van der Waals surface area contributed by atoms with Gasteiger partial charge in [-0.25, -0.2) is 0 Å². The van der Waals surface area contributed by atoms with Gasteiger partial charge in [-0.1, -0.05) is 0 Å². The molecule has 1 aromatic rings. The van der Waals surface area contributed by atoms with Gasteiger partial charge in [0.1, 0.15) is 5.82 Å². The average molecular weight is 211 g/mol. The summed E-state index contributed by atoms with van der Waals surface area (Å²) >= 11 is 0. The van der Waals surface area contributed by atoms with Gasteiger partial charge in [-0.3, -0.25) is 9.78 Å². The number of hydrogen-bond donors (Lipinski definition) is 1. The van der Waals surface area contributed by atoms with E-state index in [2.05, 4.69) is 20.0 Å². The van der Waals surface area contributed by atoms with Crippen LogP contribution < -0.4 is 10.1 Å². The van der Waals surface area contributed by atoms with Gasteiger partial charge in [0, 0.05) is 6.54 Å². The Kier molecular flexibility index (Phi) is 4.33. The van der Waals surface area contributed by atoms with E-state index < -0.39 is 0 Å². The maximum absolute atomic E-state index is 10.8. The van der Waals surface area contributed by atoms with E-state index in [1.54, 1.807) is 6.20 Å². The van der Waals surface area contributed by atoms with E-state index >= 15 is 0 Å². The molecule has 0 aromatic carbocycles. The van der Waals surface area contributed by atoms with Crippen LogP contribution in [0.4, 0.5) is 5.82 Å². The van der Waals surface area contributed by atoms with E-state index in [1.165, 1.54) is 20.4 Å². The summed E-state index contributed by atoms with van der Waals surface area (Å²) in [6, 6.07) is 0. The molecule has 6 heteroatoms. The molecule has 0 saturated carbocycles. The minimum atomic E-state index is -0.265. The summed E-state index contributed by atoms with van der Waals surface area (Å²) in [6.45, 7) is 0.453. The highest BCUT2D eigenvalue weighted by molar-refractivity contribution is 5.69. The zero-order valence-electron chi connectivity index (χ0n) is 8.69. The number of hydrogen-bond acceptors (Lipinski definition) is 6. The molecule has 0 saturated heterocycles. The van der Waals surface area contributed by atoms with Crippen molar-refractivity contribution in [2.45, 2.75) is 6.42 Å². The summed E-state index contributed by atoms with van der Waals surface area (Å²) in [6.07, 6.45) is 3.35. The number of esters is 1. The van der Waals surface area contributed by atoms with Crippen molar-refractivity contribution in [3.05, 3.63) is 12.4 Å². The number of nitrogens with zero attached hydrogens (tertiary/aromatic N) is 2. The molecule has 0 atom stereocenters. The van der Waals surface area contributed by atoms with Crippen molar-refractivity contribution in [3.63, 3.8) is 0 Å². The van der Waals surface area contributed by atoms with Crippen molar-refractivity contribution < 1.29 is 14.3 Å². The first-order valence-corrected chi connectivity index (χ1v) is 4.43. The molecule has 0 aliphatic carbocycles. The monoisotopic (exact) mass is 211 g/mol. The average Bonchev–Trinajstić information content (AvgIpc) is 2.29. The minimum Gasteiger partial charge on any atom is -0.480 e. The fraction of sp³-hybridized carbons (Fsp3) is 0.444. The number of carbonyl (C=O) groups is 1. The molecule has 0 unspecified atom stereocenters. The summed E-state index contributed by atoms with van der Waals surface area (Å²) in [5.41, 5.74) is 0. The number of anilines is 1. The standard InChI is InChI=1S/C9H13N3O3/c1-14-8-6-10-5-7(12-8)11-4-3-9(13)15-2/h5-6H,3-4H2,1-2H3,(H,11,12). The molecule has 1 rings (SSSR count). The number of methoxy groups -OCH3 is 2. The largest absolute Gasteiger partial charge is 0.480 e. The van der Waals surface area contributed by atoms with Crippen LogP contribution in [0.25, 0.3) is 0 Å². The second kappa shape index (κ2) is 5.79. The zero-order chi connectivity index (χ0) is 11.1. The van der Waals surface area contributed by atoms with Crippen LogP contribution in [-0.2, 0) is 9.53 Å². The van der Waals surface area contributed by atoms with Gasteiger partial charge in [0.25, 0.3) is 0 Å². The molecule has 1 heterocycles. The number of rotatable bonds is 5. The Morgan fingerprint density at radius 2 is 2.27 bits per heavy atom. The van der Waals surface area contributed by atoms with Crippen LogP contribution in [0.15, 0.2) is 12.4 Å². The topological polar surface area (TPSA) is 73.3 Å². The Bertz CT molecular complexity index is 330. The van der Waals surface area contributed by atoms with Crippen LogP contribution in [0.3, 0.4) is 0 Å². The second-order valence-electron chi connectivity index (χ2n) is 2.70. The molecule has 0 bridgehead atoms. The van der Waals surface area contributed by atoms with Crippen LogP contribution in [0.2, 0.25) is 0 Å². The third-order valence-electron chi connectivity index (χ3n) is 1.68. The van der Waals surface area contributed by atoms with E-state index in [-0.39, 0.29) is 12.4 Å². The van der Waals surface area contributed by atoms with Crippen LogP contribution in [0.1, 0.15) is 6.42 Å². The first kappa shape index (κ1) is 11.2. The highest BCUT2D eigenvalue weighted by Crippen LogP contribution is 2.07. The van der Waals surface area contributed by atoms with Crippen molar-refractivity contribution in [2.75, 3.05) is 26.1 Å². The van der Waals surface area contributed by atoms with Crippen molar-refractivity contribution in [2.24, 2.45) is 0 Å². The van der Waals surface area contributed by atoms with Crippen LogP contribution >= 0.6 is 0 Å². The molecule has 6 nitrogen and oxygen atoms in total. The molecule has 0 fully saturated rings. The van der Waals surface area contributed by atoms with Gasteiger partial charge >= 0.3 is 5.97 Å². The fourth-order valence-electron chi connectivity index (χ4n) is 0.926. The maximum Gasteiger partial charge on any atom is 0.307 e. The first-order valence-electron chi connectivity index (χ1n) is 4.43. The third-order valence-corrected chi connectivity index (χ3v) is 1.68. The van der Waals surface area contributed by atoms with Crippen molar-refractivity contribution in [1.82, 2.24) is 9.97 Å². The molecular weight excluding hydrogens is 198 g/mol. The van der Waals surface area contributed by atoms with Gasteiger partial charge in [-0.2, -0.15) is 4.98 Å². The first-order chi connectivity index (χ1) is 7.26. The quantitative estimate of drug-likeness (QED) is 0.713. The summed E-state index contributed by atoms with van der Waals surface area (Å²) < 4.78 is 9.39. The van der Waals surface area contributed by atoms with Gasteiger partial charge in [-0.05, 0) is 0 Å². The third kappa shape index (κ3) is 3.80. The molecule has 0 aliphatic rings. The number of ether oxygens (including phenoxy) is 2. The van der Waals surface area contributed by atoms with Gasteiger partial charge in [0.15, 0.2) is 0 Å². The molecule has 15 heavy (non-hydrogen) atoms. The lowest BCUT2D eigenvalue weighted by atomic mass is 10.4. The molecule has 0 aliphatic heterocycles. The van der Waals surface area contributed by atoms with Gasteiger partial charge < -0.3 is 14.8 Å². The highest BCUT2D eigenvalue weighted by Gasteiger charge is 2.01. The molecule has 0 spiro atoms. The zero-order valence-corrected chi connectivity index (χ0v) is 8.69. The molecule has 0 radical (unpaired) electrons. The predicted molar refractivity (Wildman–Crippen MR) is 53.7 cm³/mol. The Morgan fingerprint density at radius 3 is 2.93 bits per heavy atom. The SMILES string of the molecule is COC(=O)CCNc1cncc(OC)n1. The van der Waals surface area contributed by atoms with Gasteiger partial charge in [0.2, 0.25) is 5.88 Å². The summed E-state index contributed by atoms with van der Waals surface area (Å²) in [5, 5.41) is 2.93. The number of aromatic nitrogens is 2. The Hall–Kier alpha value is -1.85. The minimum absolute atomic E-state index is 0.265. The lowest BCUT2D eigenvalue weighted by Gasteiger charge is -2.05. The summed E-state index contributed by atoms with van der Waals surface area (Å²) in [5.74, 6) is 0.731. The summed E-state index contributed by atoms with van der Waals surface area (Å²) in [7, 11) is 2.87. The molecular formula is C9H13N3O3. The normalized spacial score (nSPS) is 9.47. The van der Waals surface area contributed by atoms with Crippen LogP contribution in [-0.4, -0.2) is 36.7 Å². The number of nitrogens with one attached hydrogen (secondary N) is 1. The molecule has 1 N–H and O–H groups in total. The van der Waals surface area contributed by atoms with Crippen LogP contribution in [0.5, 0.6) is 5.88 Å². The van der Waals surface area contributed by atoms with Crippen molar-refractivity contribution in [1.29, 1.82) is 0 Å². The van der Waals surface area contributed by atoms with E-state index in [0.717, 1.165) is 0 Å². The molecule has 0 amide bonds. The second-order valence-corrected chi connectivity index (χ2v) is 2.70.